The molecule has 0 aliphatic carbocycles. The van der Waals surface area contributed by atoms with Crippen LogP contribution in [0, 0.1) is 10.1 Å². The summed E-state index contributed by atoms with van der Waals surface area (Å²) in [5.74, 6) is 0. The number of rotatable bonds is 5. The Bertz CT molecular complexity index is 1300. The van der Waals surface area contributed by atoms with Gasteiger partial charge in [0.1, 0.15) is 0 Å². The van der Waals surface area contributed by atoms with Gasteiger partial charge in [0.05, 0.1) is 17.0 Å². The number of fused-ring (bicyclic) bond motifs is 2. The van der Waals surface area contributed by atoms with E-state index in [1.807, 2.05) is 42.5 Å². The van der Waals surface area contributed by atoms with Crippen molar-refractivity contribution in [3.63, 3.8) is 0 Å². The van der Waals surface area contributed by atoms with Crippen LogP contribution in [-0.4, -0.2) is 21.4 Å². The zero-order valence-electron chi connectivity index (χ0n) is 15.5. The zero-order chi connectivity index (χ0) is 20.6. The second kappa shape index (κ2) is 7.37. The molecule has 0 aliphatic rings. The number of hydrogen-bond donors (Lipinski definition) is 1. The lowest BCUT2D eigenvalue weighted by Gasteiger charge is -2.13. The first-order valence-electron chi connectivity index (χ1n) is 8.96. The molecule has 0 spiro atoms. The number of nitrogens with zero attached hydrogens (tertiary/aromatic N) is 2. The molecule has 1 heterocycles. The van der Waals surface area contributed by atoms with Gasteiger partial charge in [-0.05, 0) is 29.3 Å². The van der Waals surface area contributed by atoms with Crippen molar-refractivity contribution in [2.24, 2.45) is 0 Å². The summed E-state index contributed by atoms with van der Waals surface area (Å²) >= 11 is 0. The fraction of sp³-hybridized carbons (Fsp3) is 0.0952. The SMILES string of the molecule is CCOP(=O)(O)c1ccc2cc([N+](=O)[O-])cc(-c3cccc4ccccc34)c2n1. The Hall–Kier alpha value is -3.12. The van der Waals surface area contributed by atoms with Crippen molar-refractivity contribution in [1.82, 2.24) is 4.98 Å². The molecule has 0 fully saturated rings. The Labute approximate surface area is 166 Å². The molecule has 4 aromatic rings. The van der Waals surface area contributed by atoms with E-state index in [0.717, 1.165) is 16.3 Å². The van der Waals surface area contributed by atoms with E-state index in [1.165, 1.54) is 18.2 Å². The van der Waals surface area contributed by atoms with Crippen molar-refractivity contribution in [3.05, 3.63) is 76.8 Å². The van der Waals surface area contributed by atoms with E-state index < -0.39 is 12.5 Å². The van der Waals surface area contributed by atoms with Gasteiger partial charge >= 0.3 is 7.60 Å². The molecule has 1 atom stereocenters. The highest BCUT2D eigenvalue weighted by atomic mass is 31.2. The van der Waals surface area contributed by atoms with Crippen molar-refractivity contribution < 1.29 is 18.9 Å². The molecule has 1 N–H and O–H groups in total. The molecule has 29 heavy (non-hydrogen) atoms. The number of nitro benzene ring substituents is 1. The van der Waals surface area contributed by atoms with E-state index in [-0.39, 0.29) is 17.7 Å². The maximum absolute atomic E-state index is 12.5. The molecule has 0 aliphatic heterocycles. The Morgan fingerprint density at radius 1 is 1.03 bits per heavy atom. The van der Waals surface area contributed by atoms with Gasteiger partial charge in [0.15, 0.2) is 5.44 Å². The van der Waals surface area contributed by atoms with E-state index in [9.17, 15) is 19.6 Å². The number of nitro groups is 1. The third-order valence-corrected chi connectivity index (χ3v) is 6.08. The smallest absolute Gasteiger partial charge is 0.320 e. The van der Waals surface area contributed by atoms with Gasteiger partial charge in [-0.2, -0.15) is 0 Å². The average Bonchev–Trinajstić information content (AvgIpc) is 2.72. The summed E-state index contributed by atoms with van der Waals surface area (Å²) in [5, 5.41) is 13.9. The van der Waals surface area contributed by atoms with Gasteiger partial charge < -0.3 is 9.42 Å². The second-order valence-corrected chi connectivity index (χ2v) is 8.21. The van der Waals surface area contributed by atoms with Crippen LogP contribution in [-0.2, 0) is 9.09 Å². The molecule has 7 nitrogen and oxygen atoms in total. The number of aromatic nitrogens is 1. The Balaban J connectivity index is 2.07. The lowest BCUT2D eigenvalue weighted by atomic mass is 9.96. The third-order valence-electron chi connectivity index (χ3n) is 4.65. The van der Waals surface area contributed by atoms with Gasteiger partial charge in [0.2, 0.25) is 0 Å². The molecule has 1 unspecified atom stereocenters. The Morgan fingerprint density at radius 2 is 1.79 bits per heavy atom. The molecule has 3 aromatic carbocycles. The van der Waals surface area contributed by atoms with Gasteiger partial charge in [-0.15, -0.1) is 0 Å². The van der Waals surface area contributed by atoms with Gasteiger partial charge in [-0.1, -0.05) is 48.5 Å². The minimum Gasteiger partial charge on any atom is -0.320 e. The van der Waals surface area contributed by atoms with Gasteiger partial charge in [0, 0.05) is 23.1 Å². The van der Waals surface area contributed by atoms with Crippen molar-refractivity contribution in [3.8, 4) is 11.1 Å². The molecule has 0 saturated heterocycles. The summed E-state index contributed by atoms with van der Waals surface area (Å²) in [4.78, 5) is 25.6. The number of non-ortho nitro benzene ring substituents is 1. The van der Waals surface area contributed by atoms with Crippen molar-refractivity contribution >= 4 is 40.4 Å². The molecule has 0 bridgehead atoms. The summed E-state index contributed by atoms with van der Waals surface area (Å²) < 4.78 is 17.4. The molecule has 0 saturated carbocycles. The van der Waals surface area contributed by atoms with Gasteiger partial charge in [0.25, 0.3) is 5.69 Å². The summed E-state index contributed by atoms with van der Waals surface area (Å²) in [6.07, 6.45) is 0. The zero-order valence-corrected chi connectivity index (χ0v) is 16.4. The topological polar surface area (TPSA) is 103 Å². The second-order valence-electron chi connectivity index (χ2n) is 6.46. The number of hydrogen-bond acceptors (Lipinski definition) is 5. The van der Waals surface area contributed by atoms with Crippen LogP contribution in [0.5, 0.6) is 0 Å². The molecule has 146 valence electrons. The van der Waals surface area contributed by atoms with Crippen LogP contribution in [0.1, 0.15) is 6.92 Å². The van der Waals surface area contributed by atoms with E-state index in [1.54, 1.807) is 13.0 Å². The monoisotopic (exact) mass is 408 g/mol. The summed E-state index contributed by atoms with van der Waals surface area (Å²) in [6, 6.07) is 19.1. The maximum Gasteiger partial charge on any atom is 0.376 e. The third kappa shape index (κ3) is 3.51. The highest BCUT2D eigenvalue weighted by Crippen LogP contribution is 2.41. The van der Waals surface area contributed by atoms with Gasteiger partial charge in [-0.3, -0.25) is 14.7 Å². The fourth-order valence-electron chi connectivity index (χ4n) is 3.38. The summed E-state index contributed by atoms with van der Waals surface area (Å²) in [6.45, 7) is 1.68. The normalized spacial score (nSPS) is 13.4. The lowest BCUT2D eigenvalue weighted by molar-refractivity contribution is -0.384. The molecule has 0 amide bonds. The first-order chi connectivity index (χ1) is 13.9. The van der Waals surface area contributed by atoms with Crippen molar-refractivity contribution in [2.75, 3.05) is 6.61 Å². The minimum absolute atomic E-state index is 0.0595. The largest absolute Gasteiger partial charge is 0.376 e. The molecule has 4 rings (SSSR count). The molecular formula is C21H17N2O5P. The lowest BCUT2D eigenvalue weighted by Crippen LogP contribution is -2.12. The van der Waals surface area contributed by atoms with Crippen LogP contribution in [0.4, 0.5) is 5.69 Å². The molecular weight excluding hydrogens is 391 g/mol. The van der Waals surface area contributed by atoms with Gasteiger partial charge in [-0.25, -0.2) is 4.98 Å². The molecule has 8 heteroatoms. The average molecular weight is 408 g/mol. The van der Waals surface area contributed by atoms with Crippen LogP contribution < -0.4 is 5.44 Å². The van der Waals surface area contributed by atoms with Crippen molar-refractivity contribution in [1.29, 1.82) is 0 Å². The van der Waals surface area contributed by atoms with Crippen LogP contribution in [0.3, 0.4) is 0 Å². The Kier molecular flexibility index (Phi) is 4.88. The van der Waals surface area contributed by atoms with Crippen LogP contribution >= 0.6 is 7.60 Å². The molecule has 1 aromatic heterocycles. The minimum atomic E-state index is -4.08. The highest BCUT2D eigenvalue weighted by molar-refractivity contribution is 7.61. The van der Waals surface area contributed by atoms with Crippen LogP contribution in [0.2, 0.25) is 0 Å². The first-order valence-corrected chi connectivity index (χ1v) is 10.5. The quantitative estimate of drug-likeness (QED) is 0.289. The van der Waals surface area contributed by atoms with E-state index >= 15 is 0 Å². The molecule has 0 radical (unpaired) electrons. The number of pyridine rings is 1. The Morgan fingerprint density at radius 3 is 2.55 bits per heavy atom. The van der Waals surface area contributed by atoms with E-state index in [2.05, 4.69) is 4.98 Å². The van der Waals surface area contributed by atoms with Crippen molar-refractivity contribution in [2.45, 2.75) is 6.92 Å². The standard InChI is InChI=1S/C21H17N2O5P/c1-2-28-29(26,27)20-11-10-15-12-16(23(24)25)13-19(21(15)22-20)18-9-5-7-14-6-3-4-8-17(14)18/h3-13H,2H2,1H3,(H,26,27). The fourth-order valence-corrected chi connectivity index (χ4v) is 4.35. The number of benzene rings is 3. The van der Waals surface area contributed by atoms with E-state index in [0.29, 0.717) is 16.5 Å². The maximum atomic E-state index is 12.5. The summed E-state index contributed by atoms with van der Waals surface area (Å²) in [7, 11) is -4.08. The van der Waals surface area contributed by atoms with Crippen LogP contribution in [0.25, 0.3) is 32.8 Å². The van der Waals surface area contributed by atoms with Crippen LogP contribution in [0.15, 0.2) is 66.7 Å². The predicted molar refractivity (Wildman–Crippen MR) is 112 cm³/mol. The summed E-state index contributed by atoms with van der Waals surface area (Å²) in [5.41, 5.74) is 1.50. The first kappa shape index (κ1) is 19.2. The van der Waals surface area contributed by atoms with E-state index in [4.69, 9.17) is 4.52 Å². The predicted octanol–water partition coefficient (Wildman–Crippen LogP) is 4.81. The highest BCUT2D eigenvalue weighted by Gasteiger charge is 2.25.